The fourth-order valence-electron chi connectivity index (χ4n) is 5.02. The number of imidazole rings is 1. The summed E-state index contributed by atoms with van der Waals surface area (Å²) in [6.45, 7) is 0.789. The Hall–Kier alpha value is -4.43. The van der Waals surface area contributed by atoms with Gasteiger partial charge in [-0.3, -0.25) is 4.40 Å². The van der Waals surface area contributed by atoms with Crippen molar-refractivity contribution in [3.63, 3.8) is 0 Å². The van der Waals surface area contributed by atoms with Gasteiger partial charge in [-0.05, 0) is 37.7 Å². The highest BCUT2D eigenvalue weighted by atomic mass is 19.1. The lowest BCUT2D eigenvalue weighted by Crippen LogP contribution is -2.49. The van der Waals surface area contributed by atoms with Crippen molar-refractivity contribution >= 4 is 22.5 Å². The molecular formula is C26H23F2N9. The first-order valence-electron chi connectivity index (χ1n) is 11.9. The Bertz CT molecular complexity index is 1680. The molecule has 0 saturated carbocycles. The molecule has 4 heterocycles. The molecule has 0 bridgehead atoms. The van der Waals surface area contributed by atoms with Gasteiger partial charge in [-0.1, -0.05) is 17.3 Å². The van der Waals surface area contributed by atoms with E-state index in [0.717, 1.165) is 11.1 Å². The lowest BCUT2D eigenvalue weighted by molar-refractivity contribution is 0.254. The lowest BCUT2D eigenvalue weighted by atomic mass is 10.0. The summed E-state index contributed by atoms with van der Waals surface area (Å²) in [6.07, 6.45) is 2.88. The average Bonchev–Trinajstić information content (AvgIpc) is 3.48. The first-order chi connectivity index (χ1) is 18.0. The molecule has 1 saturated heterocycles. The number of piperidine rings is 1. The Kier molecular flexibility index (Phi) is 5.53. The molecule has 37 heavy (non-hydrogen) atoms. The van der Waals surface area contributed by atoms with Crippen LogP contribution in [0.25, 0.3) is 39.2 Å². The summed E-state index contributed by atoms with van der Waals surface area (Å²) in [4.78, 5) is 11.4. The fraction of sp³-hybridized carbons (Fsp3) is 0.269. The molecule has 1 N–H and O–H groups in total. The van der Waals surface area contributed by atoms with Crippen molar-refractivity contribution < 1.29 is 8.78 Å². The van der Waals surface area contributed by atoms with Crippen LogP contribution in [0, 0.1) is 17.1 Å². The first-order valence-corrected chi connectivity index (χ1v) is 11.9. The molecule has 0 amide bonds. The van der Waals surface area contributed by atoms with Crippen LogP contribution in [0.1, 0.15) is 12.0 Å². The zero-order valence-corrected chi connectivity index (χ0v) is 20.2. The third-order valence-electron chi connectivity index (χ3n) is 6.88. The van der Waals surface area contributed by atoms with E-state index >= 15 is 0 Å². The third kappa shape index (κ3) is 3.86. The summed E-state index contributed by atoms with van der Waals surface area (Å²) in [5.74, 6) is -0.0776. The Morgan fingerprint density at radius 2 is 1.97 bits per heavy atom. The molecule has 6 rings (SSSR count). The van der Waals surface area contributed by atoms with Crippen LogP contribution in [0.5, 0.6) is 0 Å². The van der Waals surface area contributed by atoms with Crippen LogP contribution in [0.4, 0.5) is 14.6 Å². The van der Waals surface area contributed by atoms with Gasteiger partial charge in [0.15, 0.2) is 11.5 Å². The maximum atomic E-state index is 14.7. The molecule has 2 atom stereocenters. The summed E-state index contributed by atoms with van der Waals surface area (Å²) in [5.41, 5.74) is 4.58. The molecule has 0 radical (unpaired) electrons. The molecule has 186 valence electrons. The van der Waals surface area contributed by atoms with Gasteiger partial charge >= 0.3 is 0 Å². The van der Waals surface area contributed by atoms with E-state index < -0.39 is 12.0 Å². The van der Waals surface area contributed by atoms with Gasteiger partial charge in [-0.15, -0.1) is 5.10 Å². The van der Waals surface area contributed by atoms with Crippen LogP contribution in [-0.2, 0) is 7.05 Å². The number of likely N-dealkylation sites (N-methyl/N-ethyl adjacent to an activating group) is 1. The highest BCUT2D eigenvalue weighted by Crippen LogP contribution is 2.37. The SMILES string of the molecule is CN[C@@H]1C[C@H](F)CN(c2nccn3c(-c4ccc5c(c4)nnn5C)c(-c4ccc(C#N)c(F)c4)nc23)C1. The van der Waals surface area contributed by atoms with E-state index in [9.17, 15) is 14.0 Å². The number of hydrogen-bond donors (Lipinski definition) is 1. The molecule has 11 heteroatoms. The number of rotatable bonds is 4. The maximum absolute atomic E-state index is 14.7. The number of nitriles is 1. The largest absolute Gasteiger partial charge is 0.349 e. The number of halogens is 2. The van der Waals surface area contributed by atoms with Crippen LogP contribution >= 0.6 is 0 Å². The molecule has 2 aromatic carbocycles. The number of aryl methyl sites for hydroxylation is 1. The van der Waals surface area contributed by atoms with Crippen LogP contribution in [0.15, 0.2) is 48.8 Å². The van der Waals surface area contributed by atoms with Crippen LogP contribution in [-0.4, -0.2) is 61.7 Å². The molecule has 3 aromatic heterocycles. The van der Waals surface area contributed by atoms with E-state index in [-0.39, 0.29) is 18.2 Å². The van der Waals surface area contributed by atoms with Crippen LogP contribution in [0.2, 0.25) is 0 Å². The number of fused-ring (bicyclic) bond motifs is 2. The van der Waals surface area contributed by atoms with E-state index in [1.807, 2.05) is 47.7 Å². The summed E-state index contributed by atoms with van der Waals surface area (Å²) < 4.78 is 32.9. The monoisotopic (exact) mass is 499 g/mol. The highest BCUT2D eigenvalue weighted by molar-refractivity contribution is 5.89. The van der Waals surface area contributed by atoms with Gasteiger partial charge in [0.1, 0.15) is 23.6 Å². The fourth-order valence-corrected chi connectivity index (χ4v) is 5.02. The van der Waals surface area contributed by atoms with Gasteiger partial charge < -0.3 is 10.2 Å². The third-order valence-corrected chi connectivity index (χ3v) is 6.88. The topological polar surface area (TPSA) is 100.0 Å². The molecule has 5 aromatic rings. The number of nitrogens with zero attached hydrogens (tertiary/aromatic N) is 8. The van der Waals surface area contributed by atoms with E-state index in [0.29, 0.717) is 46.9 Å². The van der Waals surface area contributed by atoms with E-state index in [2.05, 4.69) is 20.6 Å². The molecule has 1 aliphatic rings. The van der Waals surface area contributed by atoms with Crippen molar-refractivity contribution in [1.29, 1.82) is 5.26 Å². The van der Waals surface area contributed by atoms with Crippen LogP contribution in [0.3, 0.4) is 0 Å². The Balaban J connectivity index is 1.59. The van der Waals surface area contributed by atoms with Crippen molar-refractivity contribution in [2.45, 2.75) is 18.6 Å². The summed E-state index contributed by atoms with van der Waals surface area (Å²) in [7, 11) is 3.64. The zero-order valence-electron chi connectivity index (χ0n) is 20.2. The Morgan fingerprint density at radius 1 is 1.14 bits per heavy atom. The molecule has 9 nitrogen and oxygen atoms in total. The first kappa shape index (κ1) is 23.0. The minimum atomic E-state index is -1.01. The number of benzene rings is 2. The van der Waals surface area contributed by atoms with Gasteiger partial charge in [0.05, 0.1) is 29.0 Å². The van der Waals surface area contributed by atoms with Crippen molar-refractivity contribution in [3.8, 4) is 28.6 Å². The van der Waals surface area contributed by atoms with Crippen molar-refractivity contribution in [2.24, 2.45) is 7.05 Å². The second kappa shape index (κ2) is 8.90. The predicted octanol–water partition coefficient (Wildman–Crippen LogP) is 3.49. The number of hydrogen-bond acceptors (Lipinski definition) is 7. The second-order valence-electron chi connectivity index (χ2n) is 9.20. The normalized spacial score (nSPS) is 18.0. The number of aromatic nitrogens is 6. The molecule has 0 unspecified atom stereocenters. The average molecular weight is 500 g/mol. The van der Waals surface area contributed by atoms with Crippen LogP contribution < -0.4 is 10.2 Å². The van der Waals surface area contributed by atoms with Gasteiger partial charge in [0, 0.05) is 43.2 Å². The molecular weight excluding hydrogens is 476 g/mol. The number of nitrogens with one attached hydrogen (secondary N) is 1. The predicted molar refractivity (Wildman–Crippen MR) is 135 cm³/mol. The van der Waals surface area contributed by atoms with Gasteiger partial charge in [0.2, 0.25) is 0 Å². The molecule has 1 fully saturated rings. The standard InChI is InChI=1S/C26H23F2N9/c1-30-19-11-18(27)13-36(14-19)25-26-32-23(15-3-4-17(12-29)20(28)9-15)24(37(26)8-7-31-25)16-5-6-22-21(10-16)33-34-35(22)2/h3-10,18-19,30H,11,13-14H2,1-2H3/t18-,19+/m0/s1. The Labute approximate surface area is 211 Å². The zero-order chi connectivity index (χ0) is 25.7. The molecule has 0 aliphatic carbocycles. The quantitative estimate of drug-likeness (QED) is 0.404. The van der Waals surface area contributed by atoms with E-state index in [4.69, 9.17) is 4.98 Å². The minimum Gasteiger partial charge on any atom is -0.349 e. The summed E-state index contributed by atoms with van der Waals surface area (Å²) in [6, 6.07) is 12.0. The summed E-state index contributed by atoms with van der Waals surface area (Å²) in [5, 5.41) is 20.7. The van der Waals surface area contributed by atoms with Gasteiger partial charge in [0.25, 0.3) is 0 Å². The minimum absolute atomic E-state index is 0.0219. The maximum Gasteiger partial charge on any atom is 0.181 e. The molecule has 1 aliphatic heterocycles. The van der Waals surface area contributed by atoms with E-state index in [1.165, 1.54) is 12.1 Å². The van der Waals surface area contributed by atoms with Crippen molar-refractivity contribution in [3.05, 3.63) is 60.2 Å². The van der Waals surface area contributed by atoms with Gasteiger partial charge in [-0.2, -0.15) is 5.26 Å². The van der Waals surface area contributed by atoms with Gasteiger partial charge in [-0.25, -0.2) is 23.4 Å². The van der Waals surface area contributed by atoms with Crippen molar-refractivity contribution in [1.82, 2.24) is 34.7 Å². The molecule has 0 spiro atoms. The summed E-state index contributed by atoms with van der Waals surface area (Å²) >= 11 is 0. The van der Waals surface area contributed by atoms with Crippen molar-refractivity contribution in [2.75, 3.05) is 25.0 Å². The smallest absolute Gasteiger partial charge is 0.181 e. The number of alkyl halides is 1. The Morgan fingerprint density at radius 3 is 2.76 bits per heavy atom. The van der Waals surface area contributed by atoms with E-state index in [1.54, 1.807) is 23.1 Å². The second-order valence-corrected chi connectivity index (χ2v) is 9.20. The highest BCUT2D eigenvalue weighted by Gasteiger charge is 2.30. The number of anilines is 1. The lowest BCUT2D eigenvalue weighted by Gasteiger charge is -2.35.